The molecule has 9 heteroatoms. The molecule has 8 nitrogen and oxygen atoms in total. The van der Waals surface area contributed by atoms with Gasteiger partial charge in [-0.25, -0.2) is 9.78 Å². The summed E-state index contributed by atoms with van der Waals surface area (Å²) < 4.78 is 33.6. The van der Waals surface area contributed by atoms with Crippen molar-refractivity contribution in [1.82, 2.24) is 9.29 Å². The van der Waals surface area contributed by atoms with Crippen LogP contribution < -0.4 is 4.72 Å². The predicted octanol–water partition coefficient (Wildman–Crippen LogP) is 0.546. The Morgan fingerprint density at radius 2 is 2.05 bits per heavy atom. The molecule has 2 rings (SSSR count). The van der Waals surface area contributed by atoms with E-state index in [-0.39, 0.29) is 36.7 Å². The minimum atomic E-state index is -3.80. The summed E-state index contributed by atoms with van der Waals surface area (Å²) in [6.07, 6.45) is 0.832. The maximum Gasteiger partial charge on any atom is 0.335 e. The van der Waals surface area contributed by atoms with E-state index in [2.05, 4.69) is 9.71 Å². The number of nitrogens with one attached hydrogen (secondary N) is 1. The lowest BCUT2D eigenvalue weighted by Crippen LogP contribution is -2.50. The van der Waals surface area contributed by atoms with Gasteiger partial charge in [0.15, 0.2) is 0 Å². The molecule has 2 atom stereocenters. The molecule has 0 bridgehead atoms. The minimum absolute atomic E-state index is 0.0262. The van der Waals surface area contributed by atoms with E-state index in [1.54, 1.807) is 13.8 Å². The molecular weight excluding hydrogens is 298 g/mol. The molecule has 21 heavy (non-hydrogen) atoms. The van der Waals surface area contributed by atoms with E-state index in [1.807, 2.05) is 0 Å². The number of morpholine rings is 1. The highest BCUT2D eigenvalue weighted by Crippen LogP contribution is 2.17. The van der Waals surface area contributed by atoms with Crippen molar-refractivity contribution in [3.05, 3.63) is 23.9 Å². The average molecular weight is 315 g/mol. The highest BCUT2D eigenvalue weighted by atomic mass is 32.2. The van der Waals surface area contributed by atoms with Crippen LogP contribution in [0.1, 0.15) is 24.2 Å². The number of hydrogen-bond donors (Lipinski definition) is 2. The molecule has 1 fully saturated rings. The van der Waals surface area contributed by atoms with Crippen molar-refractivity contribution in [2.75, 3.05) is 17.8 Å². The molecule has 0 amide bonds. The first-order chi connectivity index (χ1) is 9.78. The number of carboxylic acid groups (broad SMARTS) is 1. The number of anilines is 1. The monoisotopic (exact) mass is 315 g/mol. The Bertz CT molecular complexity index is 624. The third-order valence-electron chi connectivity index (χ3n) is 2.97. The number of aromatic carboxylic acids is 1. The molecule has 2 heterocycles. The first kappa shape index (κ1) is 15.7. The van der Waals surface area contributed by atoms with Gasteiger partial charge in [0.05, 0.1) is 17.8 Å². The molecule has 0 aromatic carbocycles. The van der Waals surface area contributed by atoms with E-state index in [1.165, 1.54) is 22.6 Å². The summed E-state index contributed by atoms with van der Waals surface area (Å²) in [7, 11) is -3.80. The normalized spacial score (nSPS) is 23.7. The standard InChI is InChI=1S/C12H17N3O5S/c1-8-6-15(7-9(2)20-8)21(18,19)14-11-5-10(12(16)17)3-4-13-11/h3-5,8-9H,6-7H2,1-2H3,(H,13,14)(H,16,17). The lowest BCUT2D eigenvalue weighted by molar-refractivity contribution is -0.0439. The maximum atomic E-state index is 12.3. The molecule has 1 aliphatic heterocycles. The number of hydrogen-bond acceptors (Lipinski definition) is 5. The van der Waals surface area contributed by atoms with Crippen molar-refractivity contribution in [1.29, 1.82) is 0 Å². The van der Waals surface area contributed by atoms with Crippen LogP contribution >= 0.6 is 0 Å². The molecular formula is C12H17N3O5S. The van der Waals surface area contributed by atoms with Gasteiger partial charge in [-0.3, -0.25) is 4.72 Å². The van der Waals surface area contributed by atoms with Crippen LogP contribution in [-0.4, -0.2) is 54.1 Å². The molecule has 1 aromatic rings. The van der Waals surface area contributed by atoms with E-state index in [0.29, 0.717) is 0 Å². The Morgan fingerprint density at radius 3 is 2.62 bits per heavy atom. The third kappa shape index (κ3) is 3.90. The summed E-state index contributed by atoms with van der Waals surface area (Å²) in [6, 6.07) is 2.46. The van der Waals surface area contributed by atoms with Crippen LogP contribution in [0.2, 0.25) is 0 Å². The molecule has 116 valence electrons. The fourth-order valence-electron chi connectivity index (χ4n) is 2.14. The Hall–Kier alpha value is -1.71. The topological polar surface area (TPSA) is 109 Å². The van der Waals surface area contributed by atoms with Gasteiger partial charge in [-0.05, 0) is 26.0 Å². The quantitative estimate of drug-likeness (QED) is 0.839. The van der Waals surface area contributed by atoms with Crippen LogP contribution in [0.25, 0.3) is 0 Å². The van der Waals surface area contributed by atoms with Gasteiger partial charge in [-0.1, -0.05) is 0 Å². The average Bonchev–Trinajstić information content (AvgIpc) is 2.37. The number of carbonyl (C=O) groups is 1. The van der Waals surface area contributed by atoms with Gasteiger partial charge in [0, 0.05) is 19.3 Å². The van der Waals surface area contributed by atoms with Crippen LogP contribution in [0.3, 0.4) is 0 Å². The fourth-order valence-corrected chi connectivity index (χ4v) is 3.46. The van der Waals surface area contributed by atoms with Gasteiger partial charge in [0.2, 0.25) is 0 Å². The summed E-state index contributed by atoms with van der Waals surface area (Å²) in [6.45, 7) is 4.06. The maximum absolute atomic E-state index is 12.3. The zero-order valence-corrected chi connectivity index (χ0v) is 12.5. The Balaban J connectivity index is 2.17. The molecule has 1 saturated heterocycles. The third-order valence-corrected chi connectivity index (χ3v) is 4.41. The molecule has 1 aromatic heterocycles. The molecule has 2 N–H and O–H groups in total. The smallest absolute Gasteiger partial charge is 0.335 e. The zero-order chi connectivity index (χ0) is 15.6. The number of ether oxygens (including phenoxy) is 1. The van der Waals surface area contributed by atoms with Crippen LogP contribution in [0.5, 0.6) is 0 Å². The van der Waals surface area contributed by atoms with Gasteiger partial charge in [0.1, 0.15) is 5.82 Å². The summed E-state index contributed by atoms with van der Waals surface area (Å²) in [5, 5.41) is 8.89. The second-order valence-electron chi connectivity index (χ2n) is 4.92. The minimum Gasteiger partial charge on any atom is -0.478 e. The fraction of sp³-hybridized carbons (Fsp3) is 0.500. The summed E-state index contributed by atoms with van der Waals surface area (Å²) in [5.74, 6) is -1.17. The van der Waals surface area contributed by atoms with Crippen LogP contribution in [0.4, 0.5) is 5.82 Å². The Labute approximate surface area is 122 Å². The van der Waals surface area contributed by atoms with Crippen LogP contribution in [0.15, 0.2) is 18.3 Å². The van der Waals surface area contributed by atoms with E-state index < -0.39 is 16.2 Å². The SMILES string of the molecule is CC1CN(S(=O)(=O)Nc2cc(C(=O)O)ccn2)CC(C)O1. The summed E-state index contributed by atoms with van der Waals surface area (Å²) in [5.41, 5.74) is -0.0357. The number of rotatable bonds is 4. The Morgan fingerprint density at radius 1 is 1.43 bits per heavy atom. The van der Waals surface area contributed by atoms with Gasteiger partial charge < -0.3 is 9.84 Å². The van der Waals surface area contributed by atoms with Crippen molar-refractivity contribution in [2.45, 2.75) is 26.1 Å². The predicted molar refractivity (Wildman–Crippen MR) is 75.3 cm³/mol. The van der Waals surface area contributed by atoms with Crippen molar-refractivity contribution in [2.24, 2.45) is 0 Å². The van der Waals surface area contributed by atoms with E-state index in [0.717, 1.165) is 0 Å². The number of aromatic nitrogens is 1. The second-order valence-corrected chi connectivity index (χ2v) is 6.59. The molecule has 2 unspecified atom stereocenters. The number of nitrogens with zero attached hydrogens (tertiary/aromatic N) is 2. The number of carboxylic acids is 1. The van der Waals surface area contributed by atoms with Gasteiger partial charge in [-0.15, -0.1) is 0 Å². The van der Waals surface area contributed by atoms with E-state index >= 15 is 0 Å². The number of pyridine rings is 1. The van der Waals surface area contributed by atoms with Crippen molar-refractivity contribution >= 4 is 22.0 Å². The van der Waals surface area contributed by atoms with Crippen LogP contribution in [0, 0.1) is 0 Å². The van der Waals surface area contributed by atoms with Gasteiger partial charge in [-0.2, -0.15) is 12.7 Å². The molecule has 0 radical (unpaired) electrons. The summed E-state index contributed by atoms with van der Waals surface area (Å²) in [4.78, 5) is 14.7. The molecule has 0 spiro atoms. The lowest BCUT2D eigenvalue weighted by Gasteiger charge is -2.34. The molecule has 0 aliphatic carbocycles. The van der Waals surface area contributed by atoms with Crippen molar-refractivity contribution in [3.63, 3.8) is 0 Å². The lowest BCUT2D eigenvalue weighted by atomic mass is 10.3. The highest BCUT2D eigenvalue weighted by Gasteiger charge is 2.31. The van der Waals surface area contributed by atoms with Crippen molar-refractivity contribution < 1.29 is 23.1 Å². The second kappa shape index (κ2) is 5.96. The Kier molecular flexibility index (Phi) is 4.45. The molecule has 0 saturated carbocycles. The van der Waals surface area contributed by atoms with E-state index in [4.69, 9.17) is 9.84 Å². The van der Waals surface area contributed by atoms with E-state index in [9.17, 15) is 13.2 Å². The summed E-state index contributed by atoms with van der Waals surface area (Å²) >= 11 is 0. The van der Waals surface area contributed by atoms with Gasteiger partial charge in [0.25, 0.3) is 0 Å². The highest BCUT2D eigenvalue weighted by molar-refractivity contribution is 7.90. The van der Waals surface area contributed by atoms with Gasteiger partial charge >= 0.3 is 16.2 Å². The van der Waals surface area contributed by atoms with Crippen molar-refractivity contribution in [3.8, 4) is 0 Å². The first-order valence-corrected chi connectivity index (χ1v) is 7.84. The van der Waals surface area contributed by atoms with Crippen LogP contribution in [-0.2, 0) is 14.9 Å². The molecule has 1 aliphatic rings. The zero-order valence-electron chi connectivity index (χ0n) is 11.7. The largest absolute Gasteiger partial charge is 0.478 e. The first-order valence-electron chi connectivity index (χ1n) is 6.40.